The number of aliphatic hydroxyl groups excluding tert-OH is 1. The number of fused-ring (bicyclic) bond motifs is 3. The van der Waals surface area contributed by atoms with E-state index in [2.05, 4.69) is 48.8 Å². The van der Waals surface area contributed by atoms with Crippen LogP contribution in [0.25, 0.3) is 10.9 Å². The third-order valence-electron chi connectivity index (χ3n) is 7.60. The molecule has 2 aromatic heterocycles. The van der Waals surface area contributed by atoms with E-state index in [1.54, 1.807) is 12.4 Å². The number of nitrogens with zero attached hydrogens (tertiary/aromatic N) is 5. The van der Waals surface area contributed by atoms with Crippen molar-refractivity contribution in [3.05, 3.63) is 82.8 Å². The van der Waals surface area contributed by atoms with Crippen molar-refractivity contribution >= 4 is 28.5 Å². The van der Waals surface area contributed by atoms with Crippen molar-refractivity contribution in [3.8, 4) is 5.75 Å². The zero-order valence-corrected chi connectivity index (χ0v) is 22.3. The molecule has 0 radical (unpaired) electrons. The summed E-state index contributed by atoms with van der Waals surface area (Å²) in [5.41, 5.74) is 4.61. The van der Waals surface area contributed by atoms with Gasteiger partial charge in [-0.15, -0.1) is 0 Å². The molecule has 4 heterocycles. The van der Waals surface area contributed by atoms with Crippen LogP contribution in [-0.4, -0.2) is 88.9 Å². The summed E-state index contributed by atoms with van der Waals surface area (Å²) in [7, 11) is 2.13. The van der Waals surface area contributed by atoms with Crippen LogP contribution in [0.4, 0.5) is 5.95 Å². The second-order valence-electron chi connectivity index (χ2n) is 10.2. The molecule has 2 atom stereocenters. The predicted octanol–water partition coefficient (Wildman–Crippen LogP) is 3.75. The number of aliphatic hydroxyl groups is 1. The minimum absolute atomic E-state index is 0.0794. The van der Waals surface area contributed by atoms with Crippen molar-refractivity contribution < 1.29 is 9.84 Å². The topological polar surface area (TPSA) is 80.8 Å². The average Bonchev–Trinajstić information content (AvgIpc) is 3.31. The van der Waals surface area contributed by atoms with Gasteiger partial charge in [-0.25, -0.2) is 9.97 Å². The van der Waals surface area contributed by atoms with Gasteiger partial charge in [0.15, 0.2) is 0 Å². The first-order valence-corrected chi connectivity index (χ1v) is 13.6. The fourth-order valence-electron chi connectivity index (χ4n) is 5.58. The Kier molecular flexibility index (Phi) is 7.21. The summed E-state index contributed by atoms with van der Waals surface area (Å²) in [5, 5.41) is 12.4. The van der Waals surface area contributed by atoms with Crippen LogP contribution in [0.5, 0.6) is 5.75 Å². The molecule has 6 rings (SSSR count). The standard InChI is InChI=1S/C29H33ClN6O2/c1-34-13-15-35(16-14-34)18-22(37)19-38-23-6-3-20(4-7-23)28-27-24(25-17-21(30)5-8-26(25)33-27)9-12-36(28)29-31-10-2-11-32-29/h2-8,10-11,17,22,28,33,37H,9,12-16,18-19H2,1H3. The van der Waals surface area contributed by atoms with Crippen molar-refractivity contribution in [2.75, 3.05) is 57.8 Å². The lowest BCUT2D eigenvalue weighted by molar-refractivity contribution is 0.0505. The molecule has 0 aliphatic carbocycles. The van der Waals surface area contributed by atoms with Gasteiger partial charge in [0.1, 0.15) is 18.5 Å². The molecule has 1 fully saturated rings. The largest absolute Gasteiger partial charge is 0.491 e. The molecule has 2 aliphatic heterocycles. The van der Waals surface area contributed by atoms with E-state index in [1.165, 1.54) is 10.9 Å². The van der Waals surface area contributed by atoms with Gasteiger partial charge in [-0.2, -0.15) is 0 Å². The van der Waals surface area contributed by atoms with E-state index >= 15 is 0 Å². The SMILES string of the molecule is CN1CCN(CC(O)COc2ccc(C3c4[nH]c5ccc(Cl)cc5c4CCN3c3ncccn3)cc2)CC1. The minimum atomic E-state index is -0.525. The summed E-state index contributed by atoms with van der Waals surface area (Å²) in [6.07, 6.45) is 3.91. The second-order valence-corrected chi connectivity index (χ2v) is 10.7. The van der Waals surface area contributed by atoms with E-state index in [0.29, 0.717) is 12.5 Å². The predicted molar refractivity (Wildman–Crippen MR) is 150 cm³/mol. The Morgan fingerprint density at radius 3 is 2.58 bits per heavy atom. The number of piperazine rings is 1. The molecule has 4 aromatic rings. The highest BCUT2D eigenvalue weighted by atomic mass is 35.5. The quantitative estimate of drug-likeness (QED) is 0.375. The summed E-state index contributed by atoms with van der Waals surface area (Å²) < 4.78 is 5.97. The number of H-pyrrole nitrogens is 1. The van der Waals surface area contributed by atoms with Crippen LogP contribution in [0.15, 0.2) is 60.9 Å². The second kappa shape index (κ2) is 10.9. The van der Waals surface area contributed by atoms with Gasteiger partial charge < -0.3 is 24.6 Å². The molecule has 0 bridgehead atoms. The van der Waals surface area contributed by atoms with Gasteiger partial charge in [-0.3, -0.25) is 4.90 Å². The summed E-state index contributed by atoms with van der Waals surface area (Å²) in [6, 6.07) is 15.9. The van der Waals surface area contributed by atoms with Crippen molar-refractivity contribution in [1.29, 1.82) is 0 Å². The Bertz CT molecular complexity index is 1370. The number of β-amino-alcohol motifs (C(OH)–C–C–N with tert-alkyl or cyclic N) is 1. The molecule has 2 unspecified atom stereocenters. The van der Waals surface area contributed by atoms with Gasteiger partial charge in [0.2, 0.25) is 5.95 Å². The first kappa shape index (κ1) is 25.1. The van der Waals surface area contributed by atoms with E-state index in [1.807, 2.05) is 36.4 Å². The van der Waals surface area contributed by atoms with Crippen LogP contribution < -0.4 is 9.64 Å². The molecule has 198 valence electrons. The number of ether oxygens (including phenoxy) is 1. The maximum absolute atomic E-state index is 10.5. The van der Waals surface area contributed by atoms with Crippen LogP contribution in [0.1, 0.15) is 22.9 Å². The van der Waals surface area contributed by atoms with Crippen LogP contribution in [0.3, 0.4) is 0 Å². The van der Waals surface area contributed by atoms with E-state index in [-0.39, 0.29) is 12.6 Å². The lowest BCUT2D eigenvalue weighted by Gasteiger charge is -2.36. The molecule has 38 heavy (non-hydrogen) atoms. The van der Waals surface area contributed by atoms with E-state index < -0.39 is 6.10 Å². The number of halogens is 1. The molecule has 0 saturated carbocycles. The Morgan fingerprint density at radius 2 is 1.82 bits per heavy atom. The molecule has 2 N–H and O–H groups in total. The van der Waals surface area contributed by atoms with Gasteiger partial charge in [0.25, 0.3) is 0 Å². The lowest BCUT2D eigenvalue weighted by Crippen LogP contribution is -2.47. The monoisotopic (exact) mass is 532 g/mol. The van der Waals surface area contributed by atoms with Crippen molar-refractivity contribution in [3.63, 3.8) is 0 Å². The molecule has 1 saturated heterocycles. The van der Waals surface area contributed by atoms with Gasteiger partial charge in [0.05, 0.1) is 6.04 Å². The lowest BCUT2D eigenvalue weighted by atomic mass is 9.92. The van der Waals surface area contributed by atoms with Crippen LogP contribution in [0, 0.1) is 0 Å². The molecule has 2 aliphatic rings. The Balaban J connectivity index is 1.22. The Hall–Kier alpha value is -3.17. The molecule has 8 nitrogen and oxygen atoms in total. The van der Waals surface area contributed by atoms with Crippen molar-refractivity contribution in [2.24, 2.45) is 0 Å². The normalized spacial score (nSPS) is 19.4. The summed E-state index contributed by atoms with van der Waals surface area (Å²) >= 11 is 6.35. The highest BCUT2D eigenvalue weighted by molar-refractivity contribution is 6.31. The minimum Gasteiger partial charge on any atom is -0.491 e. The zero-order valence-electron chi connectivity index (χ0n) is 21.6. The van der Waals surface area contributed by atoms with Crippen molar-refractivity contribution in [1.82, 2.24) is 24.8 Å². The zero-order chi connectivity index (χ0) is 26.1. The number of benzene rings is 2. The van der Waals surface area contributed by atoms with Gasteiger partial charge >= 0.3 is 0 Å². The number of nitrogens with one attached hydrogen (secondary N) is 1. The molecular weight excluding hydrogens is 500 g/mol. The Morgan fingerprint density at radius 1 is 1.05 bits per heavy atom. The molecule has 0 amide bonds. The maximum Gasteiger partial charge on any atom is 0.226 e. The first-order chi connectivity index (χ1) is 18.5. The third kappa shape index (κ3) is 5.22. The highest BCUT2D eigenvalue weighted by Gasteiger charge is 2.33. The van der Waals surface area contributed by atoms with Crippen LogP contribution in [-0.2, 0) is 6.42 Å². The number of aromatic nitrogens is 3. The third-order valence-corrected chi connectivity index (χ3v) is 7.84. The Labute approximate surface area is 227 Å². The number of aromatic amines is 1. The number of anilines is 1. The van der Waals surface area contributed by atoms with E-state index in [0.717, 1.165) is 66.7 Å². The fraction of sp³-hybridized carbons (Fsp3) is 0.379. The average molecular weight is 533 g/mol. The number of rotatable bonds is 7. The van der Waals surface area contributed by atoms with Crippen LogP contribution >= 0.6 is 11.6 Å². The molecule has 0 spiro atoms. The van der Waals surface area contributed by atoms with Gasteiger partial charge in [0, 0.05) is 73.3 Å². The number of likely N-dealkylation sites (N-methyl/N-ethyl adjacent to an activating group) is 1. The van der Waals surface area contributed by atoms with E-state index in [4.69, 9.17) is 16.3 Å². The summed E-state index contributed by atoms with van der Waals surface area (Å²) in [4.78, 5) is 19.6. The van der Waals surface area contributed by atoms with Crippen LogP contribution in [0.2, 0.25) is 5.02 Å². The highest BCUT2D eigenvalue weighted by Crippen LogP contribution is 2.40. The number of hydrogen-bond acceptors (Lipinski definition) is 7. The summed E-state index contributed by atoms with van der Waals surface area (Å²) in [5.74, 6) is 1.44. The molecular formula is C29H33ClN6O2. The van der Waals surface area contributed by atoms with Gasteiger partial charge in [-0.05, 0) is 61.0 Å². The van der Waals surface area contributed by atoms with Crippen molar-refractivity contribution in [2.45, 2.75) is 18.6 Å². The molecule has 9 heteroatoms. The van der Waals surface area contributed by atoms with Gasteiger partial charge in [-0.1, -0.05) is 23.7 Å². The number of hydrogen-bond donors (Lipinski definition) is 2. The maximum atomic E-state index is 10.5. The molecule has 2 aromatic carbocycles. The fourth-order valence-corrected chi connectivity index (χ4v) is 5.75. The smallest absolute Gasteiger partial charge is 0.226 e. The first-order valence-electron chi connectivity index (χ1n) is 13.2. The van der Waals surface area contributed by atoms with E-state index in [9.17, 15) is 5.11 Å². The summed E-state index contributed by atoms with van der Waals surface area (Å²) in [6.45, 7) is 5.72.